The van der Waals surface area contributed by atoms with Crippen molar-refractivity contribution in [1.82, 2.24) is 24.8 Å². The summed E-state index contributed by atoms with van der Waals surface area (Å²) >= 11 is 0. The quantitative estimate of drug-likeness (QED) is 0.515. The van der Waals surface area contributed by atoms with Crippen molar-refractivity contribution in [2.24, 2.45) is 0 Å². The van der Waals surface area contributed by atoms with Crippen molar-refractivity contribution >= 4 is 0 Å². The van der Waals surface area contributed by atoms with Crippen LogP contribution in [0.2, 0.25) is 0 Å². The first-order valence-corrected chi connectivity index (χ1v) is 9.57. The van der Waals surface area contributed by atoms with E-state index in [1.165, 1.54) is 51.5 Å². The van der Waals surface area contributed by atoms with Crippen LogP contribution in [0.15, 0.2) is 24.8 Å². The Kier molecular flexibility index (Phi) is 9.24. The van der Waals surface area contributed by atoms with E-state index in [2.05, 4.69) is 31.8 Å². The molecule has 0 bridgehead atoms. The maximum Gasteiger partial charge on any atom is 0.106 e. The minimum atomic E-state index is 1.04. The van der Waals surface area contributed by atoms with Gasteiger partial charge in [-0.25, -0.2) is 9.97 Å². The third-order valence-corrected chi connectivity index (χ3v) is 4.46. The molecule has 0 fully saturated rings. The molecule has 5 nitrogen and oxygen atoms in total. The Labute approximate surface area is 146 Å². The van der Waals surface area contributed by atoms with Crippen molar-refractivity contribution in [3.8, 4) is 0 Å². The summed E-state index contributed by atoms with van der Waals surface area (Å²) in [6.45, 7) is 5.81. The third kappa shape index (κ3) is 7.77. The summed E-state index contributed by atoms with van der Waals surface area (Å²) in [6.07, 6.45) is 18.7. The largest absolute Gasteiger partial charge is 0.349 e. The van der Waals surface area contributed by atoms with E-state index in [9.17, 15) is 0 Å². The molecule has 2 heterocycles. The Morgan fingerprint density at radius 3 is 1.79 bits per heavy atom. The summed E-state index contributed by atoms with van der Waals surface area (Å²) in [4.78, 5) is 17.7. The van der Waals surface area contributed by atoms with Crippen LogP contribution in [0.5, 0.6) is 0 Å². The smallest absolute Gasteiger partial charge is 0.106 e. The Morgan fingerprint density at radius 1 is 0.750 bits per heavy atom. The van der Waals surface area contributed by atoms with E-state index in [1.807, 2.05) is 24.8 Å². The number of rotatable bonds is 14. The maximum absolute atomic E-state index is 4.32. The molecule has 134 valence electrons. The lowest BCUT2D eigenvalue weighted by atomic mass is 10.1. The Balaban J connectivity index is 1.65. The molecule has 0 aliphatic rings. The second kappa shape index (κ2) is 11.8. The highest BCUT2D eigenvalue weighted by Gasteiger charge is 2.06. The van der Waals surface area contributed by atoms with Crippen molar-refractivity contribution in [2.75, 3.05) is 19.6 Å². The molecule has 0 saturated heterocycles. The summed E-state index contributed by atoms with van der Waals surface area (Å²) in [6, 6.07) is 0. The summed E-state index contributed by atoms with van der Waals surface area (Å²) in [5.41, 5.74) is 0. The van der Waals surface area contributed by atoms with Gasteiger partial charge in [0.15, 0.2) is 0 Å². The van der Waals surface area contributed by atoms with Crippen molar-refractivity contribution in [3.05, 3.63) is 36.4 Å². The summed E-state index contributed by atoms with van der Waals surface area (Å²) < 4.78 is 0. The molecule has 5 heteroatoms. The molecular weight excluding hydrogens is 298 g/mol. The summed E-state index contributed by atoms with van der Waals surface area (Å²) in [7, 11) is 0. The number of H-pyrrole nitrogens is 2. The average Bonchev–Trinajstić information content (AvgIpc) is 3.28. The minimum Gasteiger partial charge on any atom is -0.349 e. The monoisotopic (exact) mass is 331 g/mol. The molecule has 0 unspecified atom stereocenters. The van der Waals surface area contributed by atoms with Crippen LogP contribution in [0.4, 0.5) is 0 Å². The zero-order valence-electron chi connectivity index (χ0n) is 15.1. The van der Waals surface area contributed by atoms with Crippen LogP contribution in [0.3, 0.4) is 0 Å². The van der Waals surface area contributed by atoms with Crippen LogP contribution < -0.4 is 0 Å². The van der Waals surface area contributed by atoms with Gasteiger partial charge in [-0.2, -0.15) is 0 Å². The number of nitrogens with one attached hydrogen (secondary N) is 2. The fourth-order valence-electron chi connectivity index (χ4n) is 3.08. The highest BCUT2D eigenvalue weighted by Crippen LogP contribution is 2.07. The highest BCUT2D eigenvalue weighted by molar-refractivity contribution is 4.88. The van der Waals surface area contributed by atoms with Gasteiger partial charge in [0, 0.05) is 37.6 Å². The van der Waals surface area contributed by atoms with Crippen LogP contribution >= 0.6 is 0 Å². The number of aryl methyl sites for hydroxylation is 2. The number of nitrogens with zero attached hydrogens (tertiary/aromatic N) is 3. The lowest BCUT2D eigenvalue weighted by Gasteiger charge is -2.22. The van der Waals surface area contributed by atoms with Gasteiger partial charge in [-0.15, -0.1) is 0 Å². The van der Waals surface area contributed by atoms with Gasteiger partial charge in [-0.05, 0) is 38.9 Å². The molecule has 0 radical (unpaired) electrons. The van der Waals surface area contributed by atoms with E-state index >= 15 is 0 Å². The molecule has 0 amide bonds. The predicted octanol–water partition coefficient (Wildman–Crippen LogP) is 3.97. The first-order chi connectivity index (χ1) is 11.9. The van der Waals surface area contributed by atoms with Gasteiger partial charge in [-0.1, -0.05) is 32.6 Å². The van der Waals surface area contributed by atoms with Crippen molar-refractivity contribution in [1.29, 1.82) is 0 Å². The fourth-order valence-corrected chi connectivity index (χ4v) is 3.08. The third-order valence-electron chi connectivity index (χ3n) is 4.46. The normalized spacial score (nSPS) is 11.4. The molecule has 2 rings (SSSR count). The number of hydrogen-bond acceptors (Lipinski definition) is 3. The Bertz CT molecular complexity index is 452. The van der Waals surface area contributed by atoms with E-state index in [4.69, 9.17) is 0 Å². The summed E-state index contributed by atoms with van der Waals surface area (Å²) in [5, 5.41) is 0. The van der Waals surface area contributed by atoms with Gasteiger partial charge in [0.2, 0.25) is 0 Å². The number of unbranched alkanes of at least 4 members (excludes halogenated alkanes) is 4. The zero-order valence-corrected chi connectivity index (χ0v) is 15.1. The van der Waals surface area contributed by atoms with Crippen LogP contribution in [0.1, 0.15) is 63.5 Å². The molecule has 0 aliphatic heterocycles. The molecule has 0 saturated carbocycles. The van der Waals surface area contributed by atoms with Crippen molar-refractivity contribution in [2.45, 2.75) is 64.7 Å². The predicted molar refractivity (Wildman–Crippen MR) is 99.0 cm³/mol. The van der Waals surface area contributed by atoms with Gasteiger partial charge in [0.05, 0.1) is 0 Å². The van der Waals surface area contributed by atoms with Gasteiger partial charge in [0.1, 0.15) is 11.6 Å². The molecule has 24 heavy (non-hydrogen) atoms. The maximum atomic E-state index is 4.32. The standard InChI is InChI=1S/C19H33N5/c1-2-3-4-5-6-15-24(16-7-9-18-20-11-12-21-18)17-8-10-19-22-13-14-23-19/h11-14H,2-10,15-17H2,1H3,(H,20,21)(H,22,23). The lowest BCUT2D eigenvalue weighted by Crippen LogP contribution is -2.28. The van der Waals surface area contributed by atoms with E-state index < -0.39 is 0 Å². The number of hydrogen-bond donors (Lipinski definition) is 2. The molecule has 0 atom stereocenters. The fraction of sp³-hybridized carbons (Fsp3) is 0.684. The zero-order chi connectivity index (χ0) is 16.9. The van der Waals surface area contributed by atoms with E-state index in [1.54, 1.807) is 0 Å². The van der Waals surface area contributed by atoms with E-state index in [0.29, 0.717) is 0 Å². The molecule has 2 aromatic rings. The molecule has 0 aromatic carbocycles. The van der Waals surface area contributed by atoms with Crippen LogP contribution in [0, 0.1) is 0 Å². The van der Waals surface area contributed by atoms with Crippen molar-refractivity contribution < 1.29 is 0 Å². The molecular formula is C19H33N5. The Hall–Kier alpha value is -1.62. The summed E-state index contributed by atoms with van der Waals surface area (Å²) in [5.74, 6) is 2.21. The van der Waals surface area contributed by atoms with Crippen molar-refractivity contribution in [3.63, 3.8) is 0 Å². The Morgan fingerprint density at radius 2 is 1.29 bits per heavy atom. The van der Waals surface area contributed by atoms with Gasteiger partial charge in [0.25, 0.3) is 0 Å². The van der Waals surface area contributed by atoms with Gasteiger partial charge in [-0.3, -0.25) is 0 Å². The number of aromatic nitrogens is 4. The second-order valence-corrected chi connectivity index (χ2v) is 6.53. The number of imidazole rings is 2. The highest BCUT2D eigenvalue weighted by atomic mass is 15.1. The van der Waals surface area contributed by atoms with Gasteiger partial charge >= 0.3 is 0 Å². The van der Waals surface area contributed by atoms with Crippen LogP contribution in [-0.4, -0.2) is 44.5 Å². The lowest BCUT2D eigenvalue weighted by molar-refractivity contribution is 0.259. The van der Waals surface area contributed by atoms with Crippen LogP contribution in [-0.2, 0) is 12.8 Å². The SMILES string of the molecule is CCCCCCCN(CCCc1ncc[nH]1)CCCc1ncc[nH]1. The topological polar surface area (TPSA) is 60.6 Å². The van der Waals surface area contributed by atoms with Crippen LogP contribution in [0.25, 0.3) is 0 Å². The number of aromatic amines is 2. The average molecular weight is 332 g/mol. The van der Waals surface area contributed by atoms with Gasteiger partial charge < -0.3 is 14.9 Å². The molecule has 0 spiro atoms. The molecule has 2 N–H and O–H groups in total. The molecule has 0 aliphatic carbocycles. The minimum absolute atomic E-state index is 1.04. The first kappa shape index (κ1) is 18.7. The molecule has 2 aromatic heterocycles. The first-order valence-electron chi connectivity index (χ1n) is 9.57. The second-order valence-electron chi connectivity index (χ2n) is 6.53. The van der Waals surface area contributed by atoms with E-state index in [-0.39, 0.29) is 0 Å². The van der Waals surface area contributed by atoms with E-state index in [0.717, 1.165) is 37.6 Å².